The van der Waals surface area contributed by atoms with Crippen LogP contribution in [0.15, 0.2) is 0 Å². The van der Waals surface area contributed by atoms with Crippen molar-refractivity contribution in [1.82, 2.24) is 0 Å². The third kappa shape index (κ3) is 22.7. The van der Waals surface area contributed by atoms with Gasteiger partial charge in [0.05, 0.1) is 5.60 Å². The molecule has 0 aliphatic heterocycles. The number of hydrogen-bond acceptors (Lipinski definition) is 2. The summed E-state index contributed by atoms with van der Waals surface area (Å²) in [5, 5.41) is 7.90. The Hall–Kier alpha value is -0.0800. The first-order chi connectivity index (χ1) is 6.19. The SMILES string of the molecule is CC(C)(C)OO.CC(C)CCC(C)C. The molecule has 0 spiro atoms. The van der Waals surface area contributed by atoms with Crippen LogP contribution in [0.5, 0.6) is 0 Å². The fourth-order valence-electron chi connectivity index (χ4n) is 0.667. The highest BCUT2D eigenvalue weighted by Crippen LogP contribution is 2.09. The molecule has 0 fully saturated rings. The molecular weight excluding hydrogens is 176 g/mol. The van der Waals surface area contributed by atoms with Gasteiger partial charge in [-0.2, -0.15) is 0 Å². The topological polar surface area (TPSA) is 29.5 Å². The van der Waals surface area contributed by atoms with Crippen LogP contribution in [-0.2, 0) is 4.89 Å². The predicted molar refractivity (Wildman–Crippen MR) is 62.4 cm³/mol. The Kier molecular flexibility index (Phi) is 9.63. The van der Waals surface area contributed by atoms with Crippen LogP contribution in [0.2, 0.25) is 0 Å². The summed E-state index contributed by atoms with van der Waals surface area (Å²) in [4.78, 5) is 3.94. The molecule has 0 aliphatic carbocycles. The lowest BCUT2D eigenvalue weighted by Gasteiger charge is -2.10. The van der Waals surface area contributed by atoms with Gasteiger partial charge in [-0.15, -0.1) is 0 Å². The lowest BCUT2D eigenvalue weighted by Crippen LogP contribution is -2.15. The van der Waals surface area contributed by atoms with E-state index in [1.807, 2.05) is 0 Å². The molecule has 0 bridgehead atoms. The van der Waals surface area contributed by atoms with Gasteiger partial charge in [-0.05, 0) is 32.6 Å². The maximum atomic E-state index is 7.90. The average Bonchev–Trinajstić information content (AvgIpc) is 2.01. The summed E-state index contributed by atoms with van der Waals surface area (Å²) < 4.78 is 0. The normalized spacial score (nSPS) is 11.6. The quantitative estimate of drug-likeness (QED) is 0.547. The van der Waals surface area contributed by atoms with Crippen LogP contribution < -0.4 is 0 Å². The summed E-state index contributed by atoms with van der Waals surface area (Å²) in [7, 11) is 0. The highest BCUT2D eigenvalue weighted by molar-refractivity contribution is 4.53. The van der Waals surface area contributed by atoms with Crippen molar-refractivity contribution in [3.8, 4) is 0 Å². The zero-order valence-corrected chi connectivity index (χ0v) is 10.9. The van der Waals surface area contributed by atoms with Crippen molar-refractivity contribution in [3.05, 3.63) is 0 Å². The molecule has 14 heavy (non-hydrogen) atoms. The predicted octanol–water partition coefficient (Wildman–Crippen LogP) is 4.35. The molecule has 0 saturated carbocycles. The van der Waals surface area contributed by atoms with Gasteiger partial charge < -0.3 is 0 Å². The molecule has 0 radical (unpaired) electrons. The van der Waals surface area contributed by atoms with Gasteiger partial charge in [0, 0.05) is 0 Å². The third-order valence-electron chi connectivity index (χ3n) is 1.60. The summed E-state index contributed by atoms with van der Waals surface area (Å²) in [6.45, 7) is 14.4. The van der Waals surface area contributed by atoms with E-state index in [4.69, 9.17) is 5.26 Å². The molecule has 88 valence electrons. The third-order valence-corrected chi connectivity index (χ3v) is 1.60. The molecule has 0 aromatic carbocycles. The average molecular weight is 204 g/mol. The zero-order valence-electron chi connectivity index (χ0n) is 10.9. The van der Waals surface area contributed by atoms with E-state index < -0.39 is 5.60 Å². The van der Waals surface area contributed by atoms with E-state index in [1.165, 1.54) is 12.8 Å². The van der Waals surface area contributed by atoms with Gasteiger partial charge in [0.2, 0.25) is 0 Å². The molecule has 0 rings (SSSR count). The van der Waals surface area contributed by atoms with Gasteiger partial charge in [-0.1, -0.05) is 40.5 Å². The maximum Gasteiger partial charge on any atom is 0.0949 e. The van der Waals surface area contributed by atoms with Crippen molar-refractivity contribution >= 4 is 0 Å². The Balaban J connectivity index is 0. The molecule has 2 heteroatoms. The first kappa shape index (κ1) is 16.4. The van der Waals surface area contributed by atoms with E-state index in [0.29, 0.717) is 0 Å². The van der Waals surface area contributed by atoms with E-state index in [2.05, 4.69) is 32.6 Å². The minimum absolute atomic E-state index is 0.403. The molecule has 0 aromatic rings. The molecule has 0 heterocycles. The smallest absolute Gasteiger partial charge is 0.0949 e. The second-order valence-corrected chi connectivity index (χ2v) is 5.57. The molecule has 0 unspecified atom stereocenters. The molecule has 0 aromatic heterocycles. The summed E-state index contributed by atoms with van der Waals surface area (Å²) in [5.74, 6) is 1.77. The van der Waals surface area contributed by atoms with E-state index in [1.54, 1.807) is 20.8 Å². The second-order valence-electron chi connectivity index (χ2n) is 5.57. The highest BCUT2D eigenvalue weighted by Gasteiger charge is 2.07. The summed E-state index contributed by atoms with van der Waals surface area (Å²) in [5.41, 5.74) is -0.403. The van der Waals surface area contributed by atoms with Crippen molar-refractivity contribution < 1.29 is 10.1 Å². The summed E-state index contributed by atoms with van der Waals surface area (Å²) in [6.07, 6.45) is 2.77. The van der Waals surface area contributed by atoms with E-state index >= 15 is 0 Å². The van der Waals surface area contributed by atoms with Gasteiger partial charge in [0.1, 0.15) is 0 Å². The van der Waals surface area contributed by atoms with Gasteiger partial charge in [-0.25, -0.2) is 4.89 Å². The minimum atomic E-state index is -0.403. The van der Waals surface area contributed by atoms with Crippen molar-refractivity contribution in [2.24, 2.45) is 11.8 Å². The van der Waals surface area contributed by atoms with Crippen LogP contribution in [0, 0.1) is 11.8 Å². The van der Waals surface area contributed by atoms with E-state index in [-0.39, 0.29) is 0 Å². The molecule has 0 aliphatic rings. The Morgan fingerprint density at radius 1 is 0.929 bits per heavy atom. The van der Waals surface area contributed by atoms with Crippen LogP contribution in [0.3, 0.4) is 0 Å². The Morgan fingerprint density at radius 3 is 1.21 bits per heavy atom. The molecule has 0 atom stereocenters. The standard InChI is InChI=1S/C8H18.C4H10O2/c1-7(2)5-6-8(3)4;1-4(2,3)6-5/h7-8H,5-6H2,1-4H3;5H,1-3H3. The van der Waals surface area contributed by atoms with Gasteiger partial charge in [-0.3, -0.25) is 5.26 Å². The molecule has 0 amide bonds. The fraction of sp³-hybridized carbons (Fsp3) is 1.00. The number of hydrogen-bond donors (Lipinski definition) is 1. The Bertz CT molecular complexity index is 104. The van der Waals surface area contributed by atoms with Gasteiger partial charge >= 0.3 is 0 Å². The summed E-state index contributed by atoms with van der Waals surface area (Å²) >= 11 is 0. The van der Waals surface area contributed by atoms with Crippen LogP contribution in [0.4, 0.5) is 0 Å². The van der Waals surface area contributed by atoms with Crippen molar-refractivity contribution in [1.29, 1.82) is 0 Å². The molecular formula is C12H28O2. The first-order valence-corrected chi connectivity index (χ1v) is 5.51. The maximum absolute atomic E-state index is 7.90. The van der Waals surface area contributed by atoms with E-state index in [9.17, 15) is 0 Å². The van der Waals surface area contributed by atoms with Gasteiger partial charge in [0.25, 0.3) is 0 Å². The number of rotatable bonds is 3. The first-order valence-electron chi connectivity index (χ1n) is 5.51. The largest absolute Gasteiger partial charge is 0.251 e. The monoisotopic (exact) mass is 204 g/mol. The molecule has 2 nitrogen and oxygen atoms in total. The highest BCUT2D eigenvalue weighted by atomic mass is 17.1. The van der Waals surface area contributed by atoms with Crippen LogP contribution >= 0.6 is 0 Å². The van der Waals surface area contributed by atoms with E-state index in [0.717, 1.165) is 11.8 Å². The lowest BCUT2D eigenvalue weighted by molar-refractivity contribution is -0.306. The summed E-state index contributed by atoms with van der Waals surface area (Å²) in [6, 6.07) is 0. The molecule has 0 saturated heterocycles. The zero-order chi connectivity index (χ0) is 11.8. The van der Waals surface area contributed by atoms with Crippen LogP contribution in [0.1, 0.15) is 61.3 Å². The Labute approximate surface area is 89.6 Å². The van der Waals surface area contributed by atoms with Gasteiger partial charge in [0.15, 0.2) is 0 Å². The lowest BCUT2D eigenvalue weighted by atomic mass is 10.0. The second kappa shape index (κ2) is 8.25. The minimum Gasteiger partial charge on any atom is -0.251 e. The fourth-order valence-corrected chi connectivity index (χ4v) is 0.667. The molecule has 1 N–H and O–H groups in total. The van der Waals surface area contributed by atoms with Crippen LogP contribution in [0.25, 0.3) is 0 Å². The van der Waals surface area contributed by atoms with Crippen molar-refractivity contribution in [2.75, 3.05) is 0 Å². The Morgan fingerprint density at radius 2 is 1.14 bits per heavy atom. The van der Waals surface area contributed by atoms with Crippen LogP contribution in [-0.4, -0.2) is 10.9 Å². The van der Waals surface area contributed by atoms with Crippen molar-refractivity contribution in [2.45, 2.75) is 66.9 Å². The van der Waals surface area contributed by atoms with Crippen molar-refractivity contribution in [3.63, 3.8) is 0 Å².